The summed E-state index contributed by atoms with van der Waals surface area (Å²) in [5.74, 6) is 1.78. The standard InChI is InChI=1S/C13H14N2OS2/c1-3-17-13-15(11-7-5-4-6-8-11)12(9-18-13)14-10(2)16/h4-9H,3H2,1-2H3/p+1. The number of aromatic nitrogens is 1. The lowest BCUT2D eigenvalue weighted by Crippen LogP contribution is -2.35. The lowest BCUT2D eigenvalue weighted by atomic mass is 10.3. The Morgan fingerprint density at radius 1 is 1.39 bits per heavy atom. The molecule has 0 aliphatic heterocycles. The highest BCUT2D eigenvalue weighted by Crippen LogP contribution is 2.25. The predicted octanol–water partition coefficient (Wildman–Crippen LogP) is 3.10. The second-order valence-electron chi connectivity index (χ2n) is 3.67. The number of para-hydroxylation sites is 1. The summed E-state index contributed by atoms with van der Waals surface area (Å²) >= 11 is 3.42. The third-order valence-electron chi connectivity index (χ3n) is 2.28. The lowest BCUT2D eigenvalue weighted by Gasteiger charge is -2.03. The second-order valence-corrected chi connectivity index (χ2v) is 6.04. The summed E-state index contributed by atoms with van der Waals surface area (Å²) in [7, 11) is 0. The van der Waals surface area contributed by atoms with Crippen LogP contribution in [0.4, 0.5) is 5.82 Å². The van der Waals surface area contributed by atoms with Crippen LogP contribution in [-0.4, -0.2) is 11.7 Å². The van der Waals surface area contributed by atoms with Gasteiger partial charge in [0.25, 0.3) is 5.82 Å². The molecule has 2 aromatic rings. The summed E-state index contributed by atoms with van der Waals surface area (Å²) in [5.41, 5.74) is 1.07. The van der Waals surface area contributed by atoms with Gasteiger partial charge in [0.05, 0.1) is 5.38 Å². The number of nitrogens with one attached hydrogen (secondary N) is 1. The fraction of sp³-hybridized carbons (Fsp3) is 0.231. The topological polar surface area (TPSA) is 33.0 Å². The first-order chi connectivity index (χ1) is 8.72. The highest BCUT2D eigenvalue weighted by atomic mass is 32.2. The quantitative estimate of drug-likeness (QED) is 0.689. The zero-order chi connectivity index (χ0) is 13.0. The molecule has 0 radical (unpaired) electrons. The Morgan fingerprint density at radius 2 is 2.11 bits per heavy atom. The Hall–Kier alpha value is -1.33. The maximum atomic E-state index is 11.2. The summed E-state index contributed by atoms with van der Waals surface area (Å²) < 4.78 is 3.26. The molecule has 0 bridgehead atoms. The molecule has 0 aliphatic carbocycles. The van der Waals surface area contributed by atoms with Gasteiger partial charge in [-0.1, -0.05) is 48.2 Å². The van der Waals surface area contributed by atoms with E-state index in [1.165, 1.54) is 11.3 Å². The van der Waals surface area contributed by atoms with Gasteiger partial charge >= 0.3 is 5.91 Å². The van der Waals surface area contributed by atoms with Crippen LogP contribution in [-0.2, 0) is 4.79 Å². The summed E-state index contributed by atoms with van der Waals surface area (Å²) in [4.78, 5) is 11.2. The molecule has 0 saturated heterocycles. The van der Waals surface area contributed by atoms with Crippen molar-refractivity contribution in [1.82, 2.24) is 0 Å². The molecule has 0 spiro atoms. The molecule has 1 amide bonds. The maximum absolute atomic E-state index is 11.2. The highest BCUT2D eigenvalue weighted by molar-refractivity contribution is 8.00. The van der Waals surface area contributed by atoms with Crippen LogP contribution in [0, 0.1) is 0 Å². The zero-order valence-electron chi connectivity index (χ0n) is 10.3. The molecule has 5 heteroatoms. The number of amides is 1. The largest absolute Gasteiger partial charge is 0.304 e. The molecule has 3 nitrogen and oxygen atoms in total. The molecule has 1 aromatic carbocycles. The SMILES string of the molecule is CCSc1scc(NC(C)=O)[n+]1-c1ccccc1. The van der Waals surface area contributed by atoms with E-state index in [-0.39, 0.29) is 5.91 Å². The summed E-state index contributed by atoms with van der Waals surface area (Å²) in [6.45, 7) is 3.65. The van der Waals surface area contributed by atoms with Crippen molar-refractivity contribution in [2.45, 2.75) is 18.2 Å². The predicted molar refractivity (Wildman–Crippen MR) is 76.6 cm³/mol. The third kappa shape index (κ3) is 2.91. The van der Waals surface area contributed by atoms with Gasteiger partial charge in [0.1, 0.15) is 5.69 Å². The van der Waals surface area contributed by atoms with Crippen LogP contribution in [0.3, 0.4) is 0 Å². The second kappa shape index (κ2) is 6.02. The molecule has 18 heavy (non-hydrogen) atoms. The number of carbonyl (C=O) groups is 1. The molecule has 0 saturated carbocycles. The van der Waals surface area contributed by atoms with E-state index in [0.717, 1.165) is 17.3 Å². The van der Waals surface area contributed by atoms with Crippen molar-refractivity contribution in [3.8, 4) is 5.69 Å². The van der Waals surface area contributed by atoms with Gasteiger partial charge in [0.2, 0.25) is 4.34 Å². The molecular formula is C13H15N2OS2+. The van der Waals surface area contributed by atoms with Gasteiger partial charge in [-0.05, 0) is 17.9 Å². The highest BCUT2D eigenvalue weighted by Gasteiger charge is 2.20. The van der Waals surface area contributed by atoms with Crippen molar-refractivity contribution in [2.75, 3.05) is 11.1 Å². The number of nitrogens with zero attached hydrogens (tertiary/aromatic N) is 1. The van der Waals surface area contributed by atoms with Gasteiger partial charge in [0, 0.05) is 6.92 Å². The maximum Gasteiger partial charge on any atom is 0.304 e. The Morgan fingerprint density at radius 3 is 2.72 bits per heavy atom. The summed E-state index contributed by atoms with van der Waals surface area (Å²) in [6.07, 6.45) is 0. The lowest BCUT2D eigenvalue weighted by molar-refractivity contribution is -0.613. The van der Waals surface area contributed by atoms with E-state index < -0.39 is 0 Å². The molecule has 94 valence electrons. The van der Waals surface area contributed by atoms with Crippen LogP contribution >= 0.6 is 23.1 Å². The molecule has 1 N–H and O–H groups in total. The number of thioether (sulfide) groups is 1. The molecule has 0 atom stereocenters. The Kier molecular flexibility index (Phi) is 4.38. The van der Waals surface area contributed by atoms with E-state index in [1.54, 1.807) is 23.1 Å². The fourth-order valence-electron chi connectivity index (χ4n) is 1.62. The van der Waals surface area contributed by atoms with Crippen LogP contribution in [0.25, 0.3) is 5.69 Å². The molecule has 0 fully saturated rings. The molecule has 1 heterocycles. The number of rotatable bonds is 4. The monoisotopic (exact) mass is 279 g/mol. The molecule has 0 unspecified atom stereocenters. The van der Waals surface area contributed by atoms with Crippen LogP contribution in [0.1, 0.15) is 13.8 Å². The van der Waals surface area contributed by atoms with Crippen LogP contribution in [0.5, 0.6) is 0 Å². The number of hydrogen-bond donors (Lipinski definition) is 1. The van der Waals surface area contributed by atoms with Crippen molar-refractivity contribution in [3.63, 3.8) is 0 Å². The average Bonchev–Trinajstić information content (AvgIpc) is 2.73. The normalized spacial score (nSPS) is 10.3. The molecule has 1 aromatic heterocycles. The van der Waals surface area contributed by atoms with Gasteiger partial charge in [-0.3, -0.25) is 0 Å². The summed E-state index contributed by atoms with van der Waals surface area (Å²) in [5, 5.41) is 4.85. The number of anilines is 1. The van der Waals surface area contributed by atoms with Gasteiger partial charge in [-0.15, -0.1) is 0 Å². The average molecular weight is 279 g/mol. The van der Waals surface area contributed by atoms with Crippen molar-refractivity contribution in [2.24, 2.45) is 0 Å². The number of hydrogen-bond acceptors (Lipinski definition) is 3. The van der Waals surface area contributed by atoms with Crippen LogP contribution in [0.2, 0.25) is 0 Å². The van der Waals surface area contributed by atoms with Crippen LogP contribution < -0.4 is 9.88 Å². The van der Waals surface area contributed by atoms with Crippen molar-refractivity contribution in [3.05, 3.63) is 35.7 Å². The Balaban J connectivity index is 2.46. The first-order valence-electron chi connectivity index (χ1n) is 5.71. The van der Waals surface area contributed by atoms with Crippen molar-refractivity contribution >= 4 is 34.8 Å². The third-order valence-corrected chi connectivity index (χ3v) is 4.37. The van der Waals surface area contributed by atoms with Crippen molar-refractivity contribution in [1.29, 1.82) is 0 Å². The summed E-state index contributed by atoms with van der Waals surface area (Å²) in [6, 6.07) is 10.1. The minimum absolute atomic E-state index is 0.0504. The van der Waals surface area contributed by atoms with Gasteiger partial charge in [0.15, 0.2) is 0 Å². The number of thiazole rings is 1. The zero-order valence-corrected chi connectivity index (χ0v) is 12.0. The van der Waals surface area contributed by atoms with Crippen LogP contribution in [0.15, 0.2) is 40.1 Å². The van der Waals surface area contributed by atoms with E-state index in [1.807, 2.05) is 35.7 Å². The van der Waals surface area contributed by atoms with Gasteiger partial charge < -0.3 is 0 Å². The minimum Gasteiger partial charge on any atom is -0.247 e. The van der Waals surface area contributed by atoms with E-state index in [9.17, 15) is 4.79 Å². The van der Waals surface area contributed by atoms with E-state index >= 15 is 0 Å². The molecule has 2 rings (SSSR count). The smallest absolute Gasteiger partial charge is 0.247 e. The molecular weight excluding hydrogens is 264 g/mol. The van der Waals surface area contributed by atoms with Crippen molar-refractivity contribution < 1.29 is 9.36 Å². The molecule has 0 aliphatic rings. The number of benzene rings is 1. The van der Waals surface area contributed by atoms with E-state index in [2.05, 4.69) is 16.8 Å². The Bertz CT molecular complexity index is 537. The first kappa shape index (κ1) is 13.1. The van der Waals surface area contributed by atoms with E-state index in [0.29, 0.717) is 0 Å². The minimum atomic E-state index is -0.0504. The number of carbonyl (C=O) groups excluding carboxylic acids is 1. The van der Waals surface area contributed by atoms with E-state index in [4.69, 9.17) is 0 Å². The Labute approximate surface area is 115 Å². The van der Waals surface area contributed by atoms with Gasteiger partial charge in [-0.2, -0.15) is 4.57 Å². The first-order valence-corrected chi connectivity index (χ1v) is 7.58. The fourth-order valence-corrected chi connectivity index (χ4v) is 3.66. The van der Waals surface area contributed by atoms with Gasteiger partial charge in [-0.25, -0.2) is 10.1 Å².